The van der Waals surface area contributed by atoms with Gasteiger partial charge in [-0.3, -0.25) is 9.88 Å². The molecule has 2 fully saturated rings. The first-order valence-corrected chi connectivity index (χ1v) is 15.0. The highest BCUT2D eigenvalue weighted by atomic mass is 19.1. The summed E-state index contributed by atoms with van der Waals surface area (Å²) in [5.74, 6) is 0.371. The van der Waals surface area contributed by atoms with Crippen molar-refractivity contribution in [3.05, 3.63) is 89.4 Å². The number of hydrogen-bond acceptors (Lipinski definition) is 8. The lowest BCUT2D eigenvalue weighted by Crippen LogP contribution is -2.37. The van der Waals surface area contributed by atoms with E-state index in [-0.39, 0.29) is 23.7 Å². The molecule has 2 saturated heterocycles. The highest BCUT2D eigenvalue weighted by molar-refractivity contribution is 5.88. The molecule has 1 aromatic carbocycles. The van der Waals surface area contributed by atoms with Gasteiger partial charge < -0.3 is 19.1 Å². The molecular weight excluding hydrogens is 563 g/mol. The Morgan fingerprint density at radius 3 is 2.68 bits per heavy atom. The van der Waals surface area contributed by atoms with Crippen LogP contribution in [0.15, 0.2) is 60.8 Å². The van der Waals surface area contributed by atoms with E-state index >= 15 is 0 Å². The third kappa shape index (κ3) is 5.60. The summed E-state index contributed by atoms with van der Waals surface area (Å²) in [4.78, 5) is 32.5. The zero-order chi connectivity index (χ0) is 30.2. The first-order chi connectivity index (χ1) is 21.4. The van der Waals surface area contributed by atoms with Gasteiger partial charge in [-0.25, -0.2) is 24.1 Å². The molecule has 0 radical (unpaired) electrons. The summed E-state index contributed by atoms with van der Waals surface area (Å²) in [5, 5.41) is 10.4. The maximum Gasteiger partial charge on any atom is 0.354 e. The molecule has 0 amide bonds. The van der Waals surface area contributed by atoms with E-state index in [1.807, 2.05) is 22.8 Å². The molecule has 2 aliphatic rings. The van der Waals surface area contributed by atoms with Crippen molar-refractivity contribution in [3.63, 3.8) is 0 Å². The van der Waals surface area contributed by atoms with E-state index in [2.05, 4.69) is 27.9 Å². The fourth-order valence-electron chi connectivity index (χ4n) is 6.21. The SMILES string of the molecule is C[C@@H](c1nc2ccc(C(=O)O)nc2n1CC1CCO1)N1CCC(c2cccc(OCc3ccnc4cc(F)ccc34)n2)CC1. The topological polar surface area (TPSA) is 115 Å². The van der Waals surface area contributed by atoms with Crippen molar-refractivity contribution in [2.75, 3.05) is 19.7 Å². The first-order valence-electron chi connectivity index (χ1n) is 15.0. The molecule has 6 heterocycles. The number of nitrogens with zero attached hydrogens (tertiary/aromatic N) is 6. The summed E-state index contributed by atoms with van der Waals surface area (Å²) in [7, 11) is 0. The molecule has 44 heavy (non-hydrogen) atoms. The number of imidazole rings is 1. The number of hydrogen-bond donors (Lipinski definition) is 1. The number of likely N-dealkylation sites (tertiary alicyclic amines) is 1. The molecule has 2 aliphatic heterocycles. The number of ether oxygens (including phenoxy) is 2. The Hall–Kier alpha value is -4.48. The average molecular weight is 597 g/mol. The molecule has 1 unspecified atom stereocenters. The summed E-state index contributed by atoms with van der Waals surface area (Å²) in [5.41, 5.74) is 3.83. The maximum absolute atomic E-state index is 13.6. The lowest BCUT2D eigenvalue weighted by molar-refractivity contribution is -0.0595. The van der Waals surface area contributed by atoms with E-state index in [9.17, 15) is 14.3 Å². The summed E-state index contributed by atoms with van der Waals surface area (Å²) < 4.78 is 27.5. The second kappa shape index (κ2) is 11.9. The van der Waals surface area contributed by atoms with Crippen molar-refractivity contribution < 1.29 is 23.8 Å². The van der Waals surface area contributed by atoms with Crippen LogP contribution in [0, 0.1) is 5.82 Å². The van der Waals surface area contributed by atoms with Crippen molar-refractivity contribution in [2.45, 2.75) is 57.4 Å². The van der Waals surface area contributed by atoms with Crippen LogP contribution in [0.25, 0.3) is 22.1 Å². The lowest BCUT2D eigenvalue weighted by Gasteiger charge is -2.36. The van der Waals surface area contributed by atoms with E-state index in [1.54, 1.807) is 18.3 Å². The molecule has 0 saturated carbocycles. The Kier molecular flexibility index (Phi) is 7.65. The van der Waals surface area contributed by atoms with E-state index in [0.29, 0.717) is 41.6 Å². The number of benzene rings is 1. The minimum Gasteiger partial charge on any atom is -0.477 e. The number of aromatic carboxylic acids is 1. The number of rotatable bonds is 9. The first kappa shape index (κ1) is 28.3. The van der Waals surface area contributed by atoms with E-state index in [0.717, 1.165) is 61.4 Å². The molecular formula is C33H33FN6O4. The van der Waals surface area contributed by atoms with E-state index in [1.165, 1.54) is 18.2 Å². The Balaban J connectivity index is 1.03. The molecule has 11 heteroatoms. The van der Waals surface area contributed by atoms with Crippen molar-refractivity contribution in [2.24, 2.45) is 0 Å². The van der Waals surface area contributed by atoms with Crippen LogP contribution in [0.3, 0.4) is 0 Å². The van der Waals surface area contributed by atoms with Crippen LogP contribution in [0.2, 0.25) is 0 Å². The molecule has 10 nitrogen and oxygen atoms in total. The van der Waals surface area contributed by atoms with Crippen molar-refractivity contribution in [3.8, 4) is 5.88 Å². The Labute approximate surface area is 253 Å². The van der Waals surface area contributed by atoms with Gasteiger partial charge in [-0.1, -0.05) is 6.07 Å². The van der Waals surface area contributed by atoms with E-state index < -0.39 is 5.97 Å². The van der Waals surface area contributed by atoms with E-state index in [4.69, 9.17) is 19.4 Å². The number of fused-ring (bicyclic) bond motifs is 2. The van der Waals surface area contributed by atoms with Gasteiger partial charge in [-0.15, -0.1) is 0 Å². The number of carboxylic acid groups (broad SMARTS) is 1. The number of halogens is 1. The summed E-state index contributed by atoms with van der Waals surface area (Å²) in [6.45, 7) is 5.55. The number of piperidine rings is 1. The van der Waals surface area contributed by atoms with Crippen LogP contribution in [0.4, 0.5) is 4.39 Å². The average Bonchev–Trinajstić information content (AvgIpc) is 3.39. The summed E-state index contributed by atoms with van der Waals surface area (Å²) >= 11 is 0. The van der Waals surface area contributed by atoms with Gasteiger partial charge in [0.15, 0.2) is 11.3 Å². The quantitative estimate of drug-likeness (QED) is 0.235. The van der Waals surface area contributed by atoms with Gasteiger partial charge in [-0.05, 0) is 75.7 Å². The van der Waals surface area contributed by atoms with Gasteiger partial charge >= 0.3 is 5.97 Å². The Morgan fingerprint density at radius 2 is 1.91 bits per heavy atom. The number of carboxylic acids is 1. The van der Waals surface area contributed by atoms with Crippen LogP contribution in [0.5, 0.6) is 5.88 Å². The molecule has 2 atom stereocenters. The fourth-order valence-corrected chi connectivity index (χ4v) is 6.21. The van der Waals surface area contributed by atoms with Gasteiger partial charge in [0.25, 0.3) is 0 Å². The summed E-state index contributed by atoms with van der Waals surface area (Å²) in [6, 6.07) is 15.6. The fraction of sp³-hybridized carbons (Fsp3) is 0.364. The zero-order valence-electron chi connectivity index (χ0n) is 24.4. The van der Waals surface area contributed by atoms with Crippen LogP contribution < -0.4 is 4.74 Å². The molecule has 4 aromatic heterocycles. The number of pyridine rings is 3. The third-order valence-corrected chi connectivity index (χ3v) is 8.81. The second-order valence-electron chi connectivity index (χ2n) is 11.5. The second-order valence-corrected chi connectivity index (χ2v) is 11.5. The Morgan fingerprint density at radius 1 is 1.07 bits per heavy atom. The minimum atomic E-state index is -1.05. The van der Waals surface area contributed by atoms with Crippen molar-refractivity contribution in [1.82, 2.24) is 29.4 Å². The van der Waals surface area contributed by atoms with Gasteiger partial charge in [0.2, 0.25) is 5.88 Å². The van der Waals surface area contributed by atoms with Crippen molar-refractivity contribution in [1.29, 1.82) is 0 Å². The lowest BCUT2D eigenvalue weighted by atomic mass is 9.92. The predicted octanol–water partition coefficient (Wildman–Crippen LogP) is 5.52. The van der Waals surface area contributed by atoms with Gasteiger partial charge in [0, 0.05) is 47.5 Å². The highest BCUT2D eigenvalue weighted by Crippen LogP contribution is 2.33. The largest absolute Gasteiger partial charge is 0.477 e. The minimum absolute atomic E-state index is 0.0106. The molecule has 7 rings (SSSR count). The van der Waals surface area contributed by atoms with Crippen LogP contribution in [-0.2, 0) is 17.9 Å². The maximum atomic E-state index is 13.6. The Bertz CT molecular complexity index is 1830. The molecule has 226 valence electrons. The highest BCUT2D eigenvalue weighted by Gasteiger charge is 2.30. The summed E-state index contributed by atoms with van der Waals surface area (Å²) in [6.07, 6.45) is 4.59. The molecule has 0 aliphatic carbocycles. The smallest absolute Gasteiger partial charge is 0.354 e. The number of carbonyl (C=O) groups is 1. The van der Waals surface area contributed by atoms with Gasteiger partial charge in [0.1, 0.15) is 23.8 Å². The number of aromatic nitrogens is 5. The predicted molar refractivity (Wildman–Crippen MR) is 161 cm³/mol. The van der Waals surface area contributed by atoms with Crippen molar-refractivity contribution >= 4 is 28.0 Å². The molecule has 5 aromatic rings. The van der Waals surface area contributed by atoms with Crippen LogP contribution in [0.1, 0.15) is 65.7 Å². The van der Waals surface area contributed by atoms with Crippen LogP contribution >= 0.6 is 0 Å². The monoisotopic (exact) mass is 596 g/mol. The third-order valence-electron chi connectivity index (χ3n) is 8.81. The van der Waals surface area contributed by atoms with Gasteiger partial charge in [0.05, 0.1) is 24.2 Å². The van der Waals surface area contributed by atoms with Crippen LogP contribution in [-0.4, -0.2) is 66.3 Å². The standard InChI is InChI=1S/C33H33FN6O4/c1-20(31-37-27-7-8-28(33(41)42)38-32(27)40(31)18-24-12-16-43-24)39-14-10-21(11-15-39)26-3-2-4-30(36-26)44-19-22-9-13-35-29-17-23(34)5-6-25(22)29/h2-9,13,17,20-21,24H,10-12,14-16,18-19H2,1H3,(H,41,42)/t20-,24?/m0/s1. The van der Waals surface area contributed by atoms with Gasteiger partial charge in [-0.2, -0.15) is 0 Å². The molecule has 0 spiro atoms. The molecule has 0 bridgehead atoms. The normalized spacial score (nSPS) is 18.4. The zero-order valence-corrected chi connectivity index (χ0v) is 24.4. The molecule has 1 N–H and O–H groups in total.